The molecular weight excluding hydrogens is 275 g/mol. The van der Waals surface area contributed by atoms with Gasteiger partial charge in [0.2, 0.25) is 0 Å². The average molecular weight is 292 g/mol. The molecule has 0 aliphatic carbocycles. The van der Waals surface area contributed by atoms with Crippen molar-refractivity contribution in [1.82, 2.24) is 0 Å². The fourth-order valence-corrected chi connectivity index (χ4v) is 2.54. The van der Waals surface area contributed by atoms with Crippen molar-refractivity contribution in [2.45, 2.75) is 25.7 Å². The van der Waals surface area contributed by atoms with E-state index in [0.29, 0.717) is 5.92 Å². The second-order valence-electron chi connectivity index (χ2n) is 3.53. The van der Waals surface area contributed by atoms with Crippen LogP contribution in [0.2, 0.25) is 5.02 Å². The number of benzene rings is 1. The predicted molar refractivity (Wildman–Crippen MR) is 69.4 cm³/mol. The van der Waals surface area contributed by atoms with E-state index in [9.17, 15) is 0 Å². The van der Waals surface area contributed by atoms with Crippen molar-refractivity contribution in [3.05, 3.63) is 28.8 Å². The first-order valence-corrected chi connectivity index (χ1v) is 6.62. The highest BCUT2D eigenvalue weighted by atomic mass is 79.9. The molecule has 1 nitrogen and oxygen atoms in total. The minimum atomic E-state index is 0.476. The van der Waals surface area contributed by atoms with Crippen molar-refractivity contribution in [2.75, 3.05) is 12.4 Å². The van der Waals surface area contributed by atoms with Gasteiger partial charge >= 0.3 is 0 Å². The summed E-state index contributed by atoms with van der Waals surface area (Å²) in [7, 11) is 1.70. The zero-order valence-corrected chi connectivity index (χ0v) is 11.4. The molecule has 0 N–H and O–H groups in total. The maximum atomic E-state index is 6.00. The zero-order chi connectivity index (χ0) is 11.3. The molecule has 0 bridgehead atoms. The van der Waals surface area contributed by atoms with Crippen LogP contribution in [-0.2, 0) is 0 Å². The number of hydrogen-bond donors (Lipinski definition) is 0. The lowest BCUT2D eigenvalue weighted by Crippen LogP contribution is -2.02. The van der Waals surface area contributed by atoms with Gasteiger partial charge in [-0.05, 0) is 36.1 Å². The molecule has 0 saturated heterocycles. The van der Waals surface area contributed by atoms with Crippen LogP contribution in [0.15, 0.2) is 18.2 Å². The van der Waals surface area contributed by atoms with Crippen LogP contribution >= 0.6 is 27.5 Å². The summed E-state index contributed by atoms with van der Waals surface area (Å²) < 4.78 is 5.35. The third-order valence-corrected chi connectivity index (χ3v) is 3.47. The fraction of sp³-hybridized carbons (Fsp3) is 0.500. The minimum Gasteiger partial charge on any atom is -0.496 e. The van der Waals surface area contributed by atoms with Gasteiger partial charge in [-0.15, -0.1) is 0 Å². The lowest BCUT2D eigenvalue weighted by atomic mass is 9.96. The Kier molecular flexibility index (Phi) is 5.48. The third-order valence-electron chi connectivity index (χ3n) is 2.45. The molecule has 0 heterocycles. The molecule has 0 spiro atoms. The van der Waals surface area contributed by atoms with E-state index in [-0.39, 0.29) is 0 Å². The normalized spacial score (nSPS) is 12.5. The molecule has 1 unspecified atom stereocenters. The minimum absolute atomic E-state index is 0.476. The summed E-state index contributed by atoms with van der Waals surface area (Å²) in [5, 5.41) is 1.71. The molecule has 1 rings (SSSR count). The van der Waals surface area contributed by atoms with Crippen molar-refractivity contribution in [3.8, 4) is 5.75 Å². The maximum Gasteiger partial charge on any atom is 0.122 e. The van der Waals surface area contributed by atoms with Crippen LogP contribution in [0, 0.1) is 0 Å². The SMILES string of the molecule is CCCC(CBr)c1cc(Cl)ccc1OC. The highest BCUT2D eigenvalue weighted by Crippen LogP contribution is 2.33. The van der Waals surface area contributed by atoms with Gasteiger partial charge < -0.3 is 4.74 Å². The molecule has 1 atom stereocenters. The van der Waals surface area contributed by atoms with E-state index in [4.69, 9.17) is 16.3 Å². The van der Waals surface area contributed by atoms with E-state index in [1.165, 1.54) is 5.56 Å². The smallest absolute Gasteiger partial charge is 0.122 e. The highest BCUT2D eigenvalue weighted by molar-refractivity contribution is 9.09. The molecule has 0 amide bonds. The van der Waals surface area contributed by atoms with Crippen molar-refractivity contribution in [2.24, 2.45) is 0 Å². The monoisotopic (exact) mass is 290 g/mol. The van der Waals surface area contributed by atoms with Crippen LogP contribution in [0.1, 0.15) is 31.2 Å². The van der Waals surface area contributed by atoms with Crippen molar-refractivity contribution in [1.29, 1.82) is 0 Å². The lowest BCUT2D eigenvalue weighted by molar-refractivity contribution is 0.405. The molecule has 1 aromatic carbocycles. The highest BCUT2D eigenvalue weighted by Gasteiger charge is 2.14. The Morgan fingerprint density at radius 2 is 2.20 bits per heavy atom. The second-order valence-corrected chi connectivity index (χ2v) is 4.61. The first-order chi connectivity index (χ1) is 7.22. The van der Waals surface area contributed by atoms with E-state index < -0.39 is 0 Å². The number of halogens is 2. The molecule has 0 saturated carbocycles. The molecule has 0 fully saturated rings. The summed E-state index contributed by atoms with van der Waals surface area (Å²) in [6.45, 7) is 2.19. The van der Waals surface area contributed by atoms with Crippen LogP contribution in [0.25, 0.3) is 0 Å². The largest absolute Gasteiger partial charge is 0.496 e. The molecule has 3 heteroatoms. The van der Waals surface area contributed by atoms with E-state index in [1.54, 1.807) is 7.11 Å². The lowest BCUT2D eigenvalue weighted by Gasteiger charge is -2.17. The van der Waals surface area contributed by atoms with Crippen LogP contribution in [0.5, 0.6) is 5.75 Å². The van der Waals surface area contributed by atoms with Crippen LogP contribution in [0.3, 0.4) is 0 Å². The Morgan fingerprint density at radius 3 is 2.73 bits per heavy atom. The van der Waals surface area contributed by atoms with Gasteiger partial charge in [0.15, 0.2) is 0 Å². The van der Waals surface area contributed by atoms with Crippen molar-refractivity contribution in [3.63, 3.8) is 0 Å². The molecular formula is C12H16BrClO. The quantitative estimate of drug-likeness (QED) is 0.719. The van der Waals surface area contributed by atoms with Crippen LogP contribution in [-0.4, -0.2) is 12.4 Å². The van der Waals surface area contributed by atoms with E-state index in [0.717, 1.165) is 28.9 Å². The zero-order valence-electron chi connectivity index (χ0n) is 9.09. The number of ether oxygens (including phenoxy) is 1. The molecule has 15 heavy (non-hydrogen) atoms. The standard InChI is InChI=1S/C12H16BrClO/c1-3-4-9(8-13)11-7-10(14)5-6-12(11)15-2/h5-7,9H,3-4,8H2,1-2H3. The van der Waals surface area contributed by atoms with Gasteiger partial charge in [0.05, 0.1) is 7.11 Å². The van der Waals surface area contributed by atoms with Gasteiger partial charge in [0.25, 0.3) is 0 Å². The molecule has 1 aromatic rings. The number of methoxy groups -OCH3 is 1. The summed E-state index contributed by atoms with van der Waals surface area (Å²) >= 11 is 9.55. The summed E-state index contributed by atoms with van der Waals surface area (Å²) in [4.78, 5) is 0. The maximum absolute atomic E-state index is 6.00. The van der Waals surface area contributed by atoms with Crippen LogP contribution < -0.4 is 4.74 Å². The van der Waals surface area contributed by atoms with Crippen LogP contribution in [0.4, 0.5) is 0 Å². The van der Waals surface area contributed by atoms with Gasteiger partial charge in [-0.2, -0.15) is 0 Å². The second kappa shape index (κ2) is 6.39. The fourth-order valence-electron chi connectivity index (χ4n) is 1.69. The number of alkyl halides is 1. The topological polar surface area (TPSA) is 9.23 Å². The van der Waals surface area contributed by atoms with Gasteiger partial charge in [-0.1, -0.05) is 40.9 Å². The molecule has 0 aromatic heterocycles. The number of hydrogen-bond acceptors (Lipinski definition) is 1. The Balaban J connectivity index is 3.02. The van der Waals surface area contributed by atoms with Gasteiger partial charge in [-0.25, -0.2) is 0 Å². The van der Waals surface area contributed by atoms with Gasteiger partial charge in [0, 0.05) is 10.4 Å². The Morgan fingerprint density at radius 1 is 1.47 bits per heavy atom. The molecule has 0 aliphatic heterocycles. The third kappa shape index (κ3) is 3.39. The first-order valence-electron chi connectivity index (χ1n) is 5.12. The Bertz CT molecular complexity index is 314. The molecule has 0 radical (unpaired) electrons. The summed E-state index contributed by atoms with van der Waals surface area (Å²) in [6, 6.07) is 5.80. The van der Waals surface area contributed by atoms with Gasteiger partial charge in [0.1, 0.15) is 5.75 Å². The first kappa shape index (κ1) is 12.9. The summed E-state index contributed by atoms with van der Waals surface area (Å²) in [6.07, 6.45) is 2.30. The van der Waals surface area contributed by atoms with Gasteiger partial charge in [-0.3, -0.25) is 0 Å². The van der Waals surface area contributed by atoms with Crippen molar-refractivity contribution >= 4 is 27.5 Å². The average Bonchev–Trinajstić information content (AvgIpc) is 2.26. The summed E-state index contributed by atoms with van der Waals surface area (Å²) in [5.41, 5.74) is 1.20. The van der Waals surface area contributed by atoms with E-state index in [2.05, 4.69) is 22.9 Å². The summed E-state index contributed by atoms with van der Waals surface area (Å²) in [5.74, 6) is 1.40. The Hall–Kier alpha value is -0.210. The molecule has 0 aliphatic rings. The van der Waals surface area contributed by atoms with Crippen molar-refractivity contribution < 1.29 is 4.74 Å². The number of rotatable bonds is 5. The van der Waals surface area contributed by atoms with E-state index >= 15 is 0 Å². The molecule has 84 valence electrons. The predicted octanol–water partition coefficient (Wildman–Crippen LogP) is 4.63. The van der Waals surface area contributed by atoms with E-state index in [1.807, 2.05) is 18.2 Å². The Labute approximate surface area is 105 Å².